The summed E-state index contributed by atoms with van der Waals surface area (Å²) in [5.41, 5.74) is 8.06. The Bertz CT molecular complexity index is 920. The molecule has 0 radical (unpaired) electrons. The highest BCUT2D eigenvalue weighted by atomic mass is 32.2. The minimum Gasteiger partial charge on any atom is -0.324 e. The van der Waals surface area contributed by atoms with E-state index < -0.39 is 10.0 Å². The van der Waals surface area contributed by atoms with Crippen molar-refractivity contribution >= 4 is 21.5 Å². The van der Waals surface area contributed by atoms with Gasteiger partial charge in [-0.3, -0.25) is 14.1 Å². The normalized spacial score (nSPS) is 15.4. The summed E-state index contributed by atoms with van der Waals surface area (Å²) in [5.74, 6) is -0.190. The highest BCUT2D eigenvalue weighted by molar-refractivity contribution is 7.93. The van der Waals surface area contributed by atoms with Gasteiger partial charge in [0.1, 0.15) is 0 Å². The van der Waals surface area contributed by atoms with Gasteiger partial charge in [-0.15, -0.1) is 0 Å². The van der Waals surface area contributed by atoms with Crippen molar-refractivity contribution < 1.29 is 13.2 Å². The molecule has 0 aliphatic heterocycles. The zero-order valence-electron chi connectivity index (χ0n) is 16.2. The van der Waals surface area contributed by atoms with Gasteiger partial charge in [0.2, 0.25) is 10.0 Å². The van der Waals surface area contributed by atoms with Crippen LogP contribution >= 0.6 is 0 Å². The van der Waals surface area contributed by atoms with Crippen LogP contribution in [-0.2, 0) is 16.6 Å². The number of hydrogen-bond acceptors (Lipinski definition) is 5. The van der Waals surface area contributed by atoms with E-state index in [1.165, 1.54) is 10.5 Å². The van der Waals surface area contributed by atoms with Crippen molar-refractivity contribution in [3.05, 3.63) is 59.4 Å². The van der Waals surface area contributed by atoms with Crippen molar-refractivity contribution in [3.8, 4) is 0 Å². The maximum atomic E-state index is 13.5. The van der Waals surface area contributed by atoms with E-state index in [2.05, 4.69) is 4.98 Å². The summed E-state index contributed by atoms with van der Waals surface area (Å²) >= 11 is 0. The van der Waals surface area contributed by atoms with Crippen LogP contribution in [0.15, 0.2) is 42.6 Å². The molecule has 1 heterocycles. The second-order valence-corrected chi connectivity index (χ2v) is 9.45. The first-order chi connectivity index (χ1) is 13.4. The van der Waals surface area contributed by atoms with Crippen molar-refractivity contribution in [2.75, 3.05) is 10.8 Å². The first-order valence-corrected chi connectivity index (χ1v) is 11.2. The van der Waals surface area contributed by atoms with Gasteiger partial charge in [-0.2, -0.15) is 0 Å². The monoisotopic (exact) mass is 401 g/mol. The highest BCUT2D eigenvalue weighted by Crippen LogP contribution is 2.30. The average Bonchev–Trinajstić information content (AvgIpc) is 2.72. The Morgan fingerprint density at radius 1 is 1.18 bits per heavy atom. The zero-order valence-corrected chi connectivity index (χ0v) is 17.0. The Labute approximate surface area is 166 Å². The molecule has 1 aliphatic carbocycles. The number of aromatic nitrogens is 1. The SMILES string of the molecule is Cc1cccc(N(Cc2ccc(C(=O)CN)cn2)S(=O)(=O)C2CCCCC2)c1. The van der Waals surface area contributed by atoms with Gasteiger partial charge >= 0.3 is 0 Å². The van der Waals surface area contributed by atoms with Gasteiger partial charge in [0, 0.05) is 11.8 Å². The maximum absolute atomic E-state index is 13.5. The molecule has 0 spiro atoms. The number of pyridine rings is 1. The highest BCUT2D eigenvalue weighted by Gasteiger charge is 2.33. The predicted molar refractivity (Wildman–Crippen MR) is 111 cm³/mol. The molecule has 1 fully saturated rings. The summed E-state index contributed by atoms with van der Waals surface area (Å²) in [6.07, 6.45) is 5.84. The van der Waals surface area contributed by atoms with Gasteiger partial charge < -0.3 is 5.73 Å². The molecule has 1 aromatic carbocycles. The summed E-state index contributed by atoms with van der Waals surface area (Å²) in [5, 5.41) is -0.361. The third kappa shape index (κ3) is 4.59. The van der Waals surface area contributed by atoms with E-state index in [1.807, 2.05) is 31.2 Å². The minimum absolute atomic E-state index is 0.0769. The maximum Gasteiger partial charge on any atom is 0.238 e. The van der Waals surface area contributed by atoms with Crippen LogP contribution in [0, 0.1) is 6.92 Å². The molecule has 2 aromatic rings. The number of sulfonamides is 1. The average molecular weight is 402 g/mol. The summed E-state index contributed by atoms with van der Waals surface area (Å²) in [4.78, 5) is 16.0. The molecular formula is C21H27N3O3S. The van der Waals surface area contributed by atoms with E-state index in [1.54, 1.807) is 12.1 Å². The Morgan fingerprint density at radius 2 is 1.93 bits per heavy atom. The van der Waals surface area contributed by atoms with Crippen LogP contribution < -0.4 is 10.0 Å². The second-order valence-electron chi connectivity index (χ2n) is 7.32. The smallest absolute Gasteiger partial charge is 0.238 e. The molecule has 2 N–H and O–H groups in total. The lowest BCUT2D eigenvalue weighted by atomic mass is 10.0. The van der Waals surface area contributed by atoms with Gasteiger partial charge in [-0.25, -0.2) is 8.42 Å². The molecule has 7 heteroatoms. The van der Waals surface area contributed by atoms with Crippen LogP contribution in [0.5, 0.6) is 0 Å². The van der Waals surface area contributed by atoms with Gasteiger partial charge in [-0.05, 0) is 49.6 Å². The van der Waals surface area contributed by atoms with E-state index in [0.717, 1.165) is 24.8 Å². The number of aryl methyl sites for hydroxylation is 1. The summed E-state index contributed by atoms with van der Waals surface area (Å²) in [6.45, 7) is 2.01. The third-order valence-electron chi connectivity index (χ3n) is 5.21. The van der Waals surface area contributed by atoms with Crippen LogP contribution in [0.1, 0.15) is 53.7 Å². The van der Waals surface area contributed by atoms with Crippen molar-refractivity contribution in [3.63, 3.8) is 0 Å². The van der Waals surface area contributed by atoms with Crippen LogP contribution in [0.3, 0.4) is 0 Å². The standard InChI is InChI=1S/C21H27N3O3S/c1-16-6-5-7-19(12-16)24(28(26,27)20-8-3-2-4-9-20)15-18-11-10-17(14-23-18)21(25)13-22/h5-7,10-12,14,20H,2-4,8-9,13,15,22H2,1H3. The summed E-state index contributed by atoms with van der Waals surface area (Å²) in [6, 6.07) is 10.9. The summed E-state index contributed by atoms with van der Waals surface area (Å²) < 4.78 is 28.4. The molecule has 1 aliphatic rings. The van der Waals surface area contributed by atoms with E-state index >= 15 is 0 Å². The molecule has 1 saturated carbocycles. The van der Waals surface area contributed by atoms with Crippen molar-refractivity contribution in [2.24, 2.45) is 5.73 Å². The number of Topliss-reactive ketones (excluding diaryl/α,β-unsaturated/α-hetero) is 1. The van der Waals surface area contributed by atoms with E-state index in [9.17, 15) is 13.2 Å². The summed E-state index contributed by atoms with van der Waals surface area (Å²) in [7, 11) is -3.52. The lowest BCUT2D eigenvalue weighted by Crippen LogP contribution is -2.39. The van der Waals surface area contributed by atoms with E-state index in [-0.39, 0.29) is 24.1 Å². The van der Waals surface area contributed by atoms with Crippen LogP contribution in [0.25, 0.3) is 0 Å². The number of carbonyl (C=O) groups is 1. The lowest BCUT2D eigenvalue weighted by Gasteiger charge is -2.31. The van der Waals surface area contributed by atoms with Gasteiger partial charge in [-0.1, -0.05) is 31.4 Å². The lowest BCUT2D eigenvalue weighted by molar-refractivity contribution is 0.100. The molecule has 0 bridgehead atoms. The Morgan fingerprint density at radius 3 is 2.54 bits per heavy atom. The number of carbonyl (C=O) groups excluding carboxylic acids is 1. The largest absolute Gasteiger partial charge is 0.324 e. The Kier molecular flexibility index (Phi) is 6.46. The quantitative estimate of drug-likeness (QED) is 0.719. The van der Waals surface area contributed by atoms with Gasteiger partial charge in [0.15, 0.2) is 5.78 Å². The van der Waals surface area contributed by atoms with Gasteiger partial charge in [0.25, 0.3) is 0 Å². The molecule has 0 saturated heterocycles. The molecule has 3 rings (SSSR count). The van der Waals surface area contributed by atoms with Crippen molar-refractivity contribution in [2.45, 2.75) is 50.8 Å². The number of benzene rings is 1. The Hall–Kier alpha value is -2.25. The van der Waals surface area contributed by atoms with Crippen molar-refractivity contribution in [1.29, 1.82) is 0 Å². The predicted octanol–water partition coefficient (Wildman–Crippen LogP) is 3.20. The zero-order chi connectivity index (χ0) is 20.1. The first kappa shape index (κ1) is 20.5. The fraction of sp³-hybridized carbons (Fsp3) is 0.429. The second kappa shape index (κ2) is 8.84. The molecule has 28 heavy (non-hydrogen) atoms. The molecule has 6 nitrogen and oxygen atoms in total. The number of nitrogens with two attached hydrogens (primary N) is 1. The number of ketones is 1. The molecule has 0 unspecified atom stereocenters. The molecule has 0 amide bonds. The van der Waals surface area contributed by atoms with Crippen molar-refractivity contribution in [1.82, 2.24) is 4.98 Å². The number of nitrogens with zero attached hydrogens (tertiary/aromatic N) is 2. The first-order valence-electron chi connectivity index (χ1n) is 9.68. The Balaban J connectivity index is 1.93. The third-order valence-corrected chi connectivity index (χ3v) is 7.48. The van der Waals surface area contributed by atoms with Gasteiger partial charge in [0.05, 0.1) is 29.7 Å². The fourth-order valence-corrected chi connectivity index (χ4v) is 5.61. The fourth-order valence-electron chi connectivity index (χ4n) is 3.60. The van der Waals surface area contributed by atoms with E-state index in [0.29, 0.717) is 29.8 Å². The topological polar surface area (TPSA) is 93.4 Å². The molecular weight excluding hydrogens is 374 g/mol. The number of hydrogen-bond donors (Lipinski definition) is 1. The minimum atomic E-state index is -3.52. The molecule has 1 aromatic heterocycles. The van der Waals surface area contributed by atoms with Crippen LogP contribution in [0.4, 0.5) is 5.69 Å². The number of anilines is 1. The number of rotatable bonds is 7. The van der Waals surface area contributed by atoms with E-state index in [4.69, 9.17) is 5.73 Å². The molecule has 0 atom stereocenters. The van der Waals surface area contributed by atoms with Crippen LogP contribution in [0.2, 0.25) is 0 Å². The van der Waals surface area contributed by atoms with Crippen LogP contribution in [-0.4, -0.2) is 31.0 Å². The molecule has 150 valence electrons.